The van der Waals surface area contributed by atoms with Crippen LogP contribution >= 0.6 is 11.6 Å². The fraction of sp³-hybridized carbons (Fsp3) is 0.688. The molecule has 0 radical (unpaired) electrons. The normalized spacial score (nSPS) is 13.1. The lowest BCUT2D eigenvalue weighted by Crippen LogP contribution is -2.45. The van der Waals surface area contributed by atoms with E-state index in [0.29, 0.717) is 5.82 Å². The van der Waals surface area contributed by atoms with E-state index in [1.807, 2.05) is 19.9 Å². The van der Waals surface area contributed by atoms with Gasteiger partial charge in [0.2, 0.25) is 11.8 Å². The van der Waals surface area contributed by atoms with Gasteiger partial charge in [-0.25, -0.2) is 0 Å². The van der Waals surface area contributed by atoms with Crippen LogP contribution in [0, 0.1) is 0 Å². The van der Waals surface area contributed by atoms with Crippen LogP contribution in [0.2, 0.25) is 0 Å². The van der Waals surface area contributed by atoms with Gasteiger partial charge >= 0.3 is 0 Å². The van der Waals surface area contributed by atoms with Crippen LogP contribution in [0.25, 0.3) is 0 Å². The van der Waals surface area contributed by atoms with E-state index < -0.39 is 5.38 Å². The second-order valence-electron chi connectivity index (χ2n) is 7.01. The molecule has 1 rings (SSSR count). The quantitative estimate of drug-likeness (QED) is 0.836. The number of hydrogen-bond acceptors (Lipinski definition) is 3. The lowest BCUT2D eigenvalue weighted by Gasteiger charge is -2.27. The summed E-state index contributed by atoms with van der Waals surface area (Å²) >= 11 is 5.85. The summed E-state index contributed by atoms with van der Waals surface area (Å²) in [6.45, 7) is 11.4. The number of alkyl halides is 1. The number of aryl methyl sites for hydroxylation is 1. The van der Waals surface area contributed by atoms with Crippen LogP contribution in [0.1, 0.15) is 47.2 Å². The Kier molecular flexibility index (Phi) is 6.22. The van der Waals surface area contributed by atoms with Gasteiger partial charge in [-0.15, -0.1) is 11.6 Å². The number of carbonyl (C=O) groups is 2. The van der Waals surface area contributed by atoms with Gasteiger partial charge in [0, 0.05) is 24.6 Å². The third-order valence-corrected chi connectivity index (χ3v) is 3.66. The average molecular weight is 343 g/mol. The molecule has 1 aromatic rings. The van der Waals surface area contributed by atoms with Gasteiger partial charge in [-0.1, -0.05) is 20.8 Å². The van der Waals surface area contributed by atoms with E-state index in [2.05, 4.69) is 31.2 Å². The van der Waals surface area contributed by atoms with Gasteiger partial charge in [-0.05, 0) is 20.8 Å². The van der Waals surface area contributed by atoms with Crippen molar-refractivity contribution in [3.05, 3.63) is 11.8 Å². The summed E-state index contributed by atoms with van der Waals surface area (Å²) in [6, 6.07) is 1.75. The lowest BCUT2D eigenvalue weighted by atomic mass is 9.92. The highest BCUT2D eigenvalue weighted by Crippen LogP contribution is 2.23. The first-order valence-electron chi connectivity index (χ1n) is 7.72. The highest BCUT2D eigenvalue weighted by molar-refractivity contribution is 6.30. The highest BCUT2D eigenvalue weighted by atomic mass is 35.5. The number of halogens is 1. The maximum Gasteiger partial charge on any atom is 0.245 e. The molecule has 1 aromatic heterocycles. The molecule has 0 aromatic carbocycles. The van der Waals surface area contributed by atoms with Crippen LogP contribution in [-0.2, 0) is 22.1 Å². The maximum absolute atomic E-state index is 12.3. The van der Waals surface area contributed by atoms with Crippen molar-refractivity contribution >= 4 is 29.2 Å². The van der Waals surface area contributed by atoms with Crippen LogP contribution in [0.3, 0.4) is 0 Å². The second-order valence-corrected chi connectivity index (χ2v) is 7.67. The van der Waals surface area contributed by atoms with Crippen molar-refractivity contribution in [2.24, 2.45) is 7.05 Å². The third-order valence-electron chi connectivity index (χ3n) is 3.48. The first-order valence-corrected chi connectivity index (χ1v) is 8.16. The molecule has 0 spiro atoms. The van der Waals surface area contributed by atoms with Gasteiger partial charge in [0.15, 0.2) is 0 Å². The number of hydrogen-bond donors (Lipinski definition) is 1. The molecule has 130 valence electrons. The van der Waals surface area contributed by atoms with Crippen LogP contribution in [-0.4, -0.2) is 44.5 Å². The zero-order valence-corrected chi connectivity index (χ0v) is 15.7. The molecule has 23 heavy (non-hydrogen) atoms. The number of amides is 2. The minimum absolute atomic E-state index is 0.0381. The third kappa shape index (κ3) is 5.23. The Morgan fingerprint density at radius 3 is 2.30 bits per heavy atom. The summed E-state index contributed by atoms with van der Waals surface area (Å²) in [7, 11) is 1.77. The van der Waals surface area contributed by atoms with Gasteiger partial charge in [0.1, 0.15) is 17.7 Å². The van der Waals surface area contributed by atoms with Crippen molar-refractivity contribution in [2.75, 3.05) is 11.9 Å². The maximum atomic E-state index is 12.3. The van der Waals surface area contributed by atoms with Crippen LogP contribution in [0.5, 0.6) is 0 Å². The summed E-state index contributed by atoms with van der Waals surface area (Å²) in [4.78, 5) is 25.8. The average Bonchev–Trinajstić information content (AvgIpc) is 2.76. The Balaban J connectivity index is 2.83. The standard InChI is InChI=1S/C16H27ClN4O2/c1-10(2)21(15(23)11(3)17)9-14(22)18-13-8-12(16(4,5)6)19-20(13)7/h8,10-11H,9H2,1-7H3,(H,18,22). The fourth-order valence-electron chi connectivity index (χ4n) is 2.03. The van der Waals surface area contributed by atoms with E-state index in [0.717, 1.165) is 5.69 Å². The second kappa shape index (κ2) is 7.34. The van der Waals surface area contributed by atoms with E-state index in [4.69, 9.17) is 11.6 Å². The SMILES string of the molecule is CC(Cl)C(=O)N(CC(=O)Nc1cc(C(C)(C)C)nn1C)C(C)C. The van der Waals surface area contributed by atoms with Crippen molar-refractivity contribution < 1.29 is 9.59 Å². The summed E-state index contributed by atoms with van der Waals surface area (Å²) in [5.74, 6) is 0.0834. The predicted molar refractivity (Wildman–Crippen MR) is 92.7 cm³/mol. The minimum Gasteiger partial charge on any atom is -0.330 e. The molecule has 0 saturated carbocycles. The molecular weight excluding hydrogens is 316 g/mol. The van der Waals surface area contributed by atoms with Crippen LogP contribution in [0.4, 0.5) is 5.82 Å². The first-order chi connectivity index (χ1) is 10.4. The van der Waals surface area contributed by atoms with Gasteiger partial charge in [-0.3, -0.25) is 14.3 Å². The predicted octanol–water partition coefficient (Wildman–Crippen LogP) is 2.52. The molecule has 0 fully saturated rings. The molecule has 1 atom stereocenters. The molecule has 0 bridgehead atoms. The monoisotopic (exact) mass is 342 g/mol. The van der Waals surface area contributed by atoms with Crippen molar-refractivity contribution in [1.29, 1.82) is 0 Å². The zero-order valence-electron chi connectivity index (χ0n) is 15.0. The molecule has 7 heteroatoms. The van der Waals surface area contributed by atoms with Crippen molar-refractivity contribution in [1.82, 2.24) is 14.7 Å². The van der Waals surface area contributed by atoms with Gasteiger partial charge in [-0.2, -0.15) is 5.10 Å². The van der Waals surface area contributed by atoms with E-state index in [1.54, 1.807) is 18.7 Å². The van der Waals surface area contributed by atoms with Crippen molar-refractivity contribution in [3.8, 4) is 0 Å². The largest absolute Gasteiger partial charge is 0.330 e. The minimum atomic E-state index is -0.658. The van der Waals surface area contributed by atoms with Crippen molar-refractivity contribution in [3.63, 3.8) is 0 Å². The number of anilines is 1. The van der Waals surface area contributed by atoms with E-state index >= 15 is 0 Å². The number of nitrogens with zero attached hydrogens (tertiary/aromatic N) is 3. The molecular formula is C16H27ClN4O2. The van der Waals surface area contributed by atoms with E-state index in [1.165, 1.54) is 4.90 Å². The van der Waals surface area contributed by atoms with Gasteiger partial charge in [0.25, 0.3) is 0 Å². The summed E-state index contributed by atoms with van der Waals surface area (Å²) in [5, 5.41) is 6.56. The fourth-order valence-corrected chi connectivity index (χ4v) is 2.16. The first kappa shape index (κ1) is 19.5. The van der Waals surface area contributed by atoms with Crippen LogP contribution < -0.4 is 5.32 Å². The van der Waals surface area contributed by atoms with Crippen molar-refractivity contribution in [2.45, 2.75) is 58.4 Å². The van der Waals surface area contributed by atoms with Gasteiger partial charge in [0.05, 0.1) is 5.69 Å². The van der Waals surface area contributed by atoms with Gasteiger partial charge < -0.3 is 10.2 Å². The number of carbonyl (C=O) groups excluding carboxylic acids is 2. The molecule has 0 aliphatic heterocycles. The smallest absolute Gasteiger partial charge is 0.245 e. The molecule has 6 nitrogen and oxygen atoms in total. The number of aromatic nitrogens is 2. The molecule has 0 aliphatic rings. The van der Waals surface area contributed by atoms with E-state index in [9.17, 15) is 9.59 Å². The molecule has 2 amide bonds. The Labute approximate surface area is 143 Å². The Morgan fingerprint density at radius 1 is 1.35 bits per heavy atom. The Morgan fingerprint density at radius 2 is 1.91 bits per heavy atom. The zero-order chi connectivity index (χ0) is 17.9. The highest BCUT2D eigenvalue weighted by Gasteiger charge is 2.25. The summed E-state index contributed by atoms with van der Waals surface area (Å²) < 4.78 is 1.63. The van der Waals surface area contributed by atoms with E-state index in [-0.39, 0.29) is 29.8 Å². The topological polar surface area (TPSA) is 67.2 Å². The number of nitrogens with one attached hydrogen (secondary N) is 1. The molecule has 0 saturated heterocycles. The molecule has 1 unspecified atom stereocenters. The molecule has 1 heterocycles. The number of rotatable bonds is 5. The summed E-state index contributed by atoms with van der Waals surface area (Å²) in [6.07, 6.45) is 0. The lowest BCUT2D eigenvalue weighted by molar-refractivity contribution is -0.135. The molecule has 0 aliphatic carbocycles. The Bertz CT molecular complexity index is 573. The Hall–Kier alpha value is -1.56. The van der Waals surface area contributed by atoms with Crippen LogP contribution in [0.15, 0.2) is 6.07 Å². The molecule has 1 N–H and O–H groups in total. The summed E-state index contributed by atoms with van der Waals surface area (Å²) in [5.41, 5.74) is 0.788.